The van der Waals surface area contributed by atoms with Crippen molar-refractivity contribution in [3.63, 3.8) is 0 Å². The quantitative estimate of drug-likeness (QED) is 0.750. The molecule has 0 saturated heterocycles. The molecule has 0 rings (SSSR count). The molecule has 0 aliphatic rings. The van der Waals surface area contributed by atoms with Crippen molar-refractivity contribution >= 4 is 55.6 Å². The van der Waals surface area contributed by atoms with E-state index in [1.165, 1.54) is 0 Å². The first-order chi connectivity index (χ1) is 2.27. The van der Waals surface area contributed by atoms with Crippen LogP contribution in [0.1, 0.15) is 0 Å². The van der Waals surface area contributed by atoms with Crippen molar-refractivity contribution in [2.45, 2.75) is 0 Å². The number of hydrogen-bond acceptors (Lipinski definition) is 2. The standard InChI is InChI=1S/C2H5NO2.4ClH.Zr/c3-1-2(4)5;;;;;/h1,3H2,(H,4,5);4*1H;/q;;;;;+2. The fourth-order valence-electron chi connectivity index (χ4n) is 0. The fraction of sp³-hybridized carbons (Fsp3) is 0.500. The van der Waals surface area contributed by atoms with Crippen molar-refractivity contribution < 1.29 is 36.1 Å². The molecule has 0 unspecified atom stereocenters. The molecule has 0 aromatic carbocycles. The number of halogens is 4. The number of carboxylic acids is 1. The Morgan fingerprint density at radius 1 is 1.20 bits per heavy atom. The van der Waals surface area contributed by atoms with Crippen LogP contribution in [-0.2, 0) is 31.0 Å². The van der Waals surface area contributed by atoms with E-state index < -0.39 is 5.97 Å². The molecule has 0 spiro atoms. The third-order valence-electron chi connectivity index (χ3n) is 0.175. The monoisotopic (exact) mass is 309 g/mol. The van der Waals surface area contributed by atoms with E-state index in [0.29, 0.717) is 0 Å². The second-order valence-corrected chi connectivity index (χ2v) is 0.598. The molecule has 0 aliphatic carbocycles. The van der Waals surface area contributed by atoms with E-state index in [1.807, 2.05) is 0 Å². The minimum Gasteiger partial charge on any atom is -0.480 e. The maximum Gasteiger partial charge on any atom is 2.00 e. The Balaban J connectivity index is -0.00000000800. The van der Waals surface area contributed by atoms with E-state index in [-0.39, 0.29) is 82.4 Å². The minimum absolute atomic E-state index is 0. The third-order valence-corrected chi connectivity index (χ3v) is 0.175. The van der Waals surface area contributed by atoms with Gasteiger partial charge in [0.15, 0.2) is 0 Å². The summed E-state index contributed by atoms with van der Waals surface area (Å²) in [6.07, 6.45) is 0. The van der Waals surface area contributed by atoms with Crippen LogP contribution < -0.4 is 5.73 Å². The molecule has 0 aromatic rings. The maximum atomic E-state index is 9.24. The molecular formula is C2H9Cl4NO2Zr+2. The first-order valence-corrected chi connectivity index (χ1v) is 1.19. The molecule has 0 amide bonds. The van der Waals surface area contributed by atoms with Crippen LogP contribution in [0, 0.1) is 0 Å². The molecule has 0 fully saturated rings. The van der Waals surface area contributed by atoms with Gasteiger partial charge in [-0.3, -0.25) is 4.79 Å². The number of aliphatic carboxylic acids is 1. The van der Waals surface area contributed by atoms with Gasteiger partial charge in [0.2, 0.25) is 0 Å². The second-order valence-electron chi connectivity index (χ2n) is 0.598. The normalized spacial score (nSPS) is 3.70. The smallest absolute Gasteiger partial charge is 0.480 e. The molecule has 8 heteroatoms. The first-order valence-electron chi connectivity index (χ1n) is 1.19. The molecule has 0 saturated carbocycles. The summed E-state index contributed by atoms with van der Waals surface area (Å²) in [5, 5.41) is 7.60. The maximum absolute atomic E-state index is 9.24. The summed E-state index contributed by atoms with van der Waals surface area (Å²) >= 11 is 0. The molecule has 0 radical (unpaired) electrons. The molecule has 3 N–H and O–H groups in total. The van der Waals surface area contributed by atoms with Gasteiger partial charge in [0.05, 0.1) is 6.54 Å². The summed E-state index contributed by atoms with van der Waals surface area (Å²) in [5.41, 5.74) is 4.57. The van der Waals surface area contributed by atoms with E-state index in [2.05, 4.69) is 5.73 Å². The molecule has 0 aromatic heterocycles. The third kappa shape index (κ3) is 56.4. The summed E-state index contributed by atoms with van der Waals surface area (Å²) in [5.74, 6) is -0.968. The van der Waals surface area contributed by atoms with Crippen molar-refractivity contribution in [1.82, 2.24) is 0 Å². The van der Waals surface area contributed by atoms with Gasteiger partial charge in [0.25, 0.3) is 0 Å². The number of carboxylic acid groups (broad SMARTS) is 1. The van der Waals surface area contributed by atoms with E-state index in [4.69, 9.17) is 5.11 Å². The topological polar surface area (TPSA) is 63.3 Å². The van der Waals surface area contributed by atoms with Crippen molar-refractivity contribution in [2.75, 3.05) is 6.54 Å². The summed E-state index contributed by atoms with van der Waals surface area (Å²) in [7, 11) is 0. The Labute approximate surface area is 103 Å². The van der Waals surface area contributed by atoms with Crippen molar-refractivity contribution in [1.29, 1.82) is 0 Å². The molecule has 0 atom stereocenters. The van der Waals surface area contributed by atoms with E-state index >= 15 is 0 Å². The predicted octanol–water partition coefficient (Wildman–Crippen LogP) is 0.714. The van der Waals surface area contributed by atoms with Gasteiger partial charge >= 0.3 is 32.2 Å². The Bertz CT molecular complexity index is 56.5. The Morgan fingerprint density at radius 2 is 1.30 bits per heavy atom. The van der Waals surface area contributed by atoms with Crippen LogP contribution in [0.5, 0.6) is 0 Å². The van der Waals surface area contributed by atoms with Gasteiger partial charge in [-0.1, -0.05) is 0 Å². The van der Waals surface area contributed by atoms with Gasteiger partial charge in [-0.15, -0.1) is 49.6 Å². The molecule has 0 aliphatic heterocycles. The molecule has 3 nitrogen and oxygen atoms in total. The Kier molecular flexibility index (Phi) is 132. The van der Waals surface area contributed by atoms with Crippen LogP contribution in [-0.4, -0.2) is 17.6 Å². The van der Waals surface area contributed by atoms with Crippen LogP contribution in [0.25, 0.3) is 0 Å². The summed E-state index contributed by atoms with van der Waals surface area (Å²) in [6, 6.07) is 0. The zero-order valence-electron chi connectivity index (χ0n) is 4.77. The Morgan fingerprint density at radius 3 is 1.30 bits per heavy atom. The van der Waals surface area contributed by atoms with Gasteiger partial charge in [-0.05, 0) is 0 Å². The molecule has 0 heterocycles. The van der Waals surface area contributed by atoms with Crippen LogP contribution >= 0.6 is 49.6 Å². The summed E-state index contributed by atoms with van der Waals surface area (Å²) < 4.78 is 0. The predicted molar refractivity (Wildman–Crippen MR) is 45.7 cm³/mol. The van der Waals surface area contributed by atoms with Crippen molar-refractivity contribution in [2.24, 2.45) is 5.73 Å². The number of nitrogens with two attached hydrogens (primary N) is 1. The molecule has 0 bridgehead atoms. The van der Waals surface area contributed by atoms with Crippen LogP contribution in [0.15, 0.2) is 0 Å². The molecule has 64 valence electrons. The van der Waals surface area contributed by atoms with Gasteiger partial charge in [-0.25, -0.2) is 0 Å². The van der Waals surface area contributed by atoms with Gasteiger partial charge in [0.1, 0.15) is 0 Å². The van der Waals surface area contributed by atoms with Gasteiger partial charge in [-0.2, -0.15) is 0 Å². The molecule has 10 heavy (non-hydrogen) atoms. The van der Waals surface area contributed by atoms with Gasteiger partial charge < -0.3 is 10.8 Å². The zero-order chi connectivity index (χ0) is 4.28. The average molecular weight is 312 g/mol. The van der Waals surface area contributed by atoms with Crippen LogP contribution in [0.4, 0.5) is 0 Å². The summed E-state index contributed by atoms with van der Waals surface area (Å²) in [6.45, 7) is -0.278. The first kappa shape index (κ1) is 42.0. The summed E-state index contributed by atoms with van der Waals surface area (Å²) in [4.78, 5) is 9.24. The fourth-order valence-corrected chi connectivity index (χ4v) is 0. The second kappa shape index (κ2) is 31.4. The van der Waals surface area contributed by atoms with E-state index in [0.717, 1.165) is 0 Å². The zero-order valence-corrected chi connectivity index (χ0v) is 10.5. The largest absolute Gasteiger partial charge is 2.00 e. The van der Waals surface area contributed by atoms with E-state index in [9.17, 15) is 4.79 Å². The molecular weight excluding hydrogens is 303 g/mol. The van der Waals surface area contributed by atoms with Crippen LogP contribution in [0.3, 0.4) is 0 Å². The number of rotatable bonds is 1. The van der Waals surface area contributed by atoms with Crippen molar-refractivity contribution in [3.05, 3.63) is 0 Å². The average Bonchev–Trinajstić information content (AvgIpc) is 1.38. The van der Waals surface area contributed by atoms with Crippen molar-refractivity contribution in [3.8, 4) is 0 Å². The van der Waals surface area contributed by atoms with Gasteiger partial charge in [0, 0.05) is 0 Å². The Hall–Kier alpha value is 1.47. The van der Waals surface area contributed by atoms with Crippen LogP contribution in [0.2, 0.25) is 0 Å². The number of carbonyl (C=O) groups is 1. The van der Waals surface area contributed by atoms with E-state index in [1.54, 1.807) is 0 Å². The minimum atomic E-state index is -0.968. The SMILES string of the molecule is Cl.Cl.Cl.Cl.NCC(=O)O.[Zr+2]. The number of hydrogen-bond donors (Lipinski definition) is 2.